The highest BCUT2D eigenvalue weighted by atomic mass is 35.5. The van der Waals surface area contributed by atoms with Crippen LogP contribution < -0.4 is 5.73 Å². The average molecular weight is 333 g/mol. The fourth-order valence-electron chi connectivity index (χ4n) is 2.09. The van der Waals surface area contributed by atoms with Gasteiger partial charge < -0.3 is 5.73 Å². The van der Waals surface area contributed by atoms with Crippen LogP contribution in [0.1, 0.15) is 18.4 Å². The van der Waals surface area contributed by atoms with E-state index in [0.717, 1.165) is 12.8 Å². The lowest BCUT2D eigenvalue weighted by molar-refractivity contribution is 0.477. The van der Waals surface area contributed by atoms with Crippen molar-refractivity contribution in [3.8, 4) is 11.8 Å². The van der Waals surface area contributed by atoms with Crippen LogP contribution >= 0.6 is 23.2 Å². The quantitative estimate of drug-likeness (QED) is 0.843. The Morgan fingerprint density at radius 3 is 2.25 bits per heavy atom. The fraction of sp³-hybridized carbons (Fsp3) is 0.385. The highest BCUT2D eigenvalue weighted by molar-refractivity contribution is 7.89. The van der Waals surface area contributed by atoms with Crippen molar-refractivity contribution in [3.05, 3.63) is 27.7 Å². The Morgan fingerprint density at radius 2 is 1.75 bits per heavy atom. The van der Waals surface area contributed by atoms with Gasteiger partial charge in [-0.15, -0.1) is 0 Å². The van der Waals surface area contributed by atoms with E-state index in [-0.39, 0.29) is 21.5 Å². The molecule has 1 heterocycles. The van der Waals surface area contributed by atoms with E-state index in [4.69, 9.17) is 28.9 Å². The molecule has 1 fully saturated rings. The largest absolute Gasteiger partial charge is 0.320 e. The first kappa shape index (κ1) is 15.6. The van der Waals surface area contributed by atoms with Crippen molar-refractivity contribution in [1.29, 1.82) is 0 Å². The van der Waals surface area contributed by atoms with Crippen molar-refractivity contribution in [2.75, 3.05) is 19.6 Å². The van der Waals surface area contributed by atoms with Crippen LogP contribution in [-0.4, -0.2) is 32.4 Å². The zero-order valence-electron chi connectivity index (χ0n) is 10.7. The summed E-state index contributed by atoms with van der Waals surface area (Å²) in [6.07, 6.45) is 1.71. The lowest BCUT2D eigenvalue weighted by atomic mass is 10.2. The van der Waals surface area contributed by atoms with Gasteiger partial charge in [0, 0.05) is 18.7 Å². The molecule has 0 amide bonds. The lowest BCUT2D eigenvalue weighted by Gasteiger charge is -2.17. The van der Waals surface area contributed by atoms with Crippen LogP contribution in [0.5, 0.6) is 0 Å². The van der Waals surface area contributed by atoms with Gasteiger partial charge in [0.25, 0.3) is 0 Å². The van der Waals surface area contributed by atoms with Crippen LogP contribution in [-0.2, 0) is 10.0 Å². The Balaban J connectivity index is 2.47. The van der Waals surface area contributed by atoms with E-state index < -0.39 is 10.0 Å². The van der Waals surface area contributed by atoms with Crippen LogP contribution in [0.2, 0.25) is 10.0 Å². The van der Waals surface area contributed by atoms with Gasteiger partial charge in [0.15, 0.2) is 0 Å². The van der Waals surface area contributed by atoms with Gasteiger partial charge >= 0.3 is 0 Å². The summed E-state index contributed by atoms with van der Waals surface area (Å²) in [5.41, 5.74) is 5.84. The maximum Gasteiger partial charge on any atom is 0.246 e. The summed E-state index contributed by atoms with van der Waals surface area (Å²) in [5, 5.41) is 0.177. The highest BCUT2D eigenvalue weighted by Crippen LogP contribution is 2.34. The Hall–Kier alpha value is -0.770. The Bertz CT molecular complexity index is 648. The van der Waals surface area contributed by atoms with Gasteiger partial charge in [0.05, 0.1) is 16.6 Å². The van der Waals surface area contributed by atoms with E-state index in [0.29, 0.717) is 18.7 Å². The molecular formula is C13H14Cl2N2O2S. The summed E-state index contributed by atoms with van der Waals surface area (Å²) >= 11 is 12.2. The van der Waals surface area contributed by atoms with E-state index in [1.807, 2.05) is 0 Å². The Morgan fingerprint density at radius 1 is 1.20 bits per heavy atom. The Labute approximate surface area is 128 Å². The Kier molecular flexibility index (Phi) is 4.95. The topological polar surface area (TPSA) is 63.4 Å². The van der Waals surface area contributed by atoms with Gasteiger partial charge in [-0.1, -0.05) is 35.0 Å². The van der Waals surface area contributed by atoms with Gasteiger partial charge in [-0.25, -0.2) is 8.42 Å². The molecule has 0 bridgehead atoms. The van der Waals surface area contributed by atoms with Crippen molar-refractivity contribution in [2.24, 2.45) is 5.73 Å². The molecule has 0 radical (unpaired) electrons. The molecule has 1 aromatic rings. The average Bonchev–Trinajstić information content (AvgIpc) is 2.89. The summed E-state index contributed by atoms with van der Waals surface area (Å²) in [4.78, 5) is -0.0407. The third-order valence-electron chi connectivity index (χ3n) is 3.00. The molecule has 2 N–H and O–H groups in total. The molecule has 0 unspecified atom stereocenters. The molecule has 0 saturated carbocycles. The zero-order valence-corrected chi connectivity index (χ0v) is 13.0. The minimum Gasteiger partial charge on any atom is -0.320 e. The molecular weight excluding hydrogens is 319 g/mol. The van der Waals surface area contributed by atoms with Gasteiger partial charge in [0.2, 0.25) is 10.0 Å². The summed E-state index contributed by atoms with van der Waals surface area (Å²) < 4.78 is 26.4. The fourth-order valence-corrected chi connectivity index (χ4v) is 4.77. The number of hydrogen-bond donors (Lipinski definition) is 1. The van der Waals surface area contributed by atoms with Crippen molar-refractivity contribution in [3.63, 3.8) is 0 Å². The molecule has 7 heteroatoms. The smallest absolute Gasteiger partial charge is 0.246 e. The van der Waals surface area contributed by atoms with E-state index in [2.05, 4.69) is 11.8 Å². The molecule has 2 rings (SSSR count). The predicted molar refractivity (Wildman–Crippen MR) is 80.4 cm³/mol. The van der Waals surface area contributed by atoms with Crippen LogP contribution in [0.3, 0.4) is 0 Å². The predicted octanol–water partition coefficient (Wildman–Crippen LogP) is 2.09. The van der Waals surface area contributed by atoms with Gasteiger partial charge in [-0.2, -0.15) is 4.31 Å². The van der Waals surface area contributed by atoms with Crippen molar-refractivity contribution in [2.45, 2.75) is 17.7 Å². The monoisotopic (exact) mass is 332 g/mol. The molecule has 1 aromatic carbocycles. The number of halogens is 2. The number of nitrogens with two attached hydrogens (primary N) is 1. The number of hydrogen-bond acceptors (Lipinski definition) is 3. The van der Waals surface area contributed by atoms with E-state index in [1.54, 1.807) is 0 Å². The first-order valence-corrected chi connectivity index (χ1v) is 8.34. The van der Waals surface area contributed by atoms with Gasteiger partial charge in [-0.3, -0.25) is 0 Å². The number of nitrogens with zero attached hydrogens (tertiary/aromatic N) is 1. The third-order valence-corrected chi connectivity index (χ3v) is 5.82. The summed E-state index contributed by atoms with van der Waals surface area (Å²) in [6.45, 7) is 1.22. The zero-order chi connectivity index (χ0) is 14.8. The normalized spacial score (nSPS) is 15.9. The summed E-state index contributed by atoms with van der Waals surface area (Å²) in [5.74, 6) is 5.45. The lowest BCUT2D eigenvalue weighted by Crippen LogP contribution is -2.28. The first-order valence-electron chi connectivity index (χ1n) is 6.15. The molecule has 0 aliphatic carbocycles. The summed E-state index contributed by atoms with van der Waals surface area (Å²) in [7, 11) is -3.64. The van der Waals surface area contributed by atoms with Crippen LogP contribution in [0.15, 0.2) is 17.0 Å². The van der Waals surface area contributed by atoms with E-state index in [9.17, 15) is 8.42 Å². The molecule has 1 saturated heterocycles. The van der Waals surface area contributed by atoms with Crippen LogP contribution in [0, 0.1) is 11.8 Å². The standard InChI is InChI=1S/C13H14Cl2N2O2S/c14-11-8-10(4-3-5-16)9-12(15)13(11)20(18,19)17-6-1-2-7-17/h8-9H,1-2,5-7,16H2. The highest BCUT2D eigenvalue weighted by Gasteiger charge is 2.31. The minimum atomic E-state index is -3.64. The third kappa shape index (κ3) is 3.11. The minimum absolute atomic E-state index is 0.0407. The molecule has 0 spiro atoms. The van der Waals surface area contributed by atoms with Gasteiger partial charge in [0.1, 0.15) is 4.90 Å². The second kappa shape index (κ2) is 6.33. The second-order valence-corrected chi connectivity index (χ2v) is 7.08. The SMILES string of the molecule is NCC#Cc1cc(Cl)c(S(=O)(=O)N2CCCC2)c(Cl)c1. The number of sulfonamides is 1. The van der Waals surface area contributed by atoms with Crippen molar-refractivity contribution < 1.29 is 8.42 Å². The van der Waals surface area contributed by atoms with Crippen molar-refractivity contribution >= 4 is 33.2 Å². The number of benzene rings is 1. The maximum absolute atomic E-state index is 12.5. The molecule has 20 heavy (non-hydrogen) atoms. The van der Waals surface area contributed by atoms with E-state index >= 15 is 0 Å². The first-order chi connectivity index (χ1) is 9.46. The second-order valence-electron chi connectivity index (χ2n) is 4.39. The molecule has 1 aliphatic rings. The number of rotatable bonds is 2. The molecule has 0 aromatic heterocycles. The molecule has 1 aliphatic heterocycles. The van der Waals surface area contributed by atoms with Gasteiger partial charge in [-0.05, 0) is 25.0 Å². The van der Waals surface area contributed by atoms with Crippen molar-refractivity contribution in [1.82, 2.24) is 4.31 Å². The summed E-state index contributed by atoms with van der Waals surface area (Å²) in [6, 6.07) is 3.00. The van der Waals surface area contributed by atoms with E-state index in [1.165, 1.54) is 16.4 Å². The maximum atomic E-state index is 12.5. The molecule has 0 atom stereocenters. The molecule has 108 valence electrons. The van der Waals surface area contributed by atoms with Crippen LogP contribution in [0.25, 0.3) is 0 Å². The molecule has 4 nitrogen and oxygen atoms in total. The van der Waals surface area contributed by atoms with Crippen LogP contribution in [0.4, 0.5) is 0 Å².